The van der Waals surface area contributed by atoms with Gasteiger partial charge in [-0.25, -0.2) is 15.0 Å². The van der Waals surface area contributed by atoms with Gasteiger partial charge in [-0.15, -0.1) is 0 Å². The van der Waals surface area contributed by atoms with E-state index in [4.69, 9.17) is 10.7 Å². The van der Waals surface area contributed by atoms with Gasteiger partial charge in [0.1, 0.15) is 11.3 Å². The third-order valence-corrected chi connectivity index (χ3v) is 5.78. The highest BCUT2D eigenvalue weighted by molar-refractivity contribution is 9.10. The maximum atomic E-state index is 12.4. The monoisotopic (exact) mass is 498 g/mol. The van der Waals surface area contributed by atoms with E-state index in [9.17, 15) is 4.79 Å². The maximum Gasteiger partial charge on any atom is 0.251 e. The fourth-order valence-electron chi connectivity index (χ4n) is 3.59. The minimum atomic E-state index is -0.120. The van der Waals surface area contributed by atoms with E-state index in [0.717, 1.165) is 32.5 Å². The third kappa shape index (κ3) is 4.20. The number of nitrogens with one attached hydrogen (secondary N) is 1. The van der Waals surface area contributed by atoms with Gasteiger partial charge < -0.3 is 11.1 Å². The minimum Gasteiger partial charge on any atom is -0.383 e. The topological polar surface area (TPSA) is 98.7 Å². The van der Waals surface area contributed by atoms with Crippen LogP contribution in [0.25, 0.3) is 28.2 Å². The number of halogens is 1. The lowest BCUT2D eigenvalue weighted by Crippen LogP contribution is -2.22. The summed E-state index contributed by atoms with van der Waals surface area (Å²) in [5.74, 6) is 0.956. The van der Waals surface area contributed by atoms with Crippen LogP contribution in [0.5, 0.6) is 0 Å². The molecule has 3 heterocycles. The van der Waals surface area contributed by atoms with Gasteiger partial charge in [0.15, 0.2) is 11.5 Å². The molecule has 0 saturated heterocycles. The molecule has 0 aliphatic rings. The van der Waals surface area contributed by atoms with Gasteiger partial charge in [-0.05, 0) is 66.2 Å². The molecule has 0 saturated carbocycles. The van der Waals surface area contributed by atoms with Crippen molar-refractivity contribution in [1.29, 1.82) is 0 Å². The number of nitrogen functional groups attached to an aromatic ring is 1. The number of hydrogen-bond donors (Lipinski definition) is 2. The molecule has 5 rings (SSSR count). The largest absolute Gasteiger partial charge is 0.383 e. The van der Waals surface area contributed by atoms with Crippen molar-refractivity contribution in [2.24, 2.45) is 0 Å². The van der Waals surface area contributed by atoms with Gasteiger partial charge in [-0.2, -0.15) is 0 Å². The summed E-state index contributed by atoms with van der Waals surface area (Å²) in [6, 6.07) is 22.7. The Morgan fingerprint density at radius 1 is 0.939 bits per heavy atom. The number of carbonyl (C=O) groups excluding carboxylic acids is 1. The van der Waals surface area contributed by atoms with Crippen LogP contribution in [0.1, 0.15) is 15.9 Å². The van der Waals surface area contributed by atoms with Crippen molar-refractivity contribution in [3.8, 4) is 17.1 Å². The van der Waals surface area contributed by atoms with E-state index in [2.05, 4.69) is 31.2 Å². The Balaban J connectivity index is 1.44. The average Bonchev–Trinajstić information content (AvgIpc) is 3.23. The molecule has 7 nitrogen and oxygen atoms in total. The summed E-state index contributed by atoms with van der Waals surface area (Å²) in [6.45, 7) is 0.417. The van der Waals surface area contributed by atoms with E-state index < -0.39 is 0 Å². The highest BCUT2D eigenvalue weighted by atomic mass is 79.9. The fraction of sp³-hybridized carbons (Fsp3) is 0.0400. The van der Waals surface area contributed by atoms with Crippen LogP contribution in [-0.2, 0) is 6.54 Å². The van der Waals surface area contributed by atoms with Crippen LogP contribution in [0.15, 0.2) is 89.7 Å². The van der Waals surface area contributed by atoms with Crippen LogP contribution < -0.4 is 11.1 Å². The first kappa shape index (κ1) is 20.8. The summed E-state index contributed by atoms with van der Waals surface area (Å²) in [7, 11) is 0. The summed E-state index contributed by atoms with van der Waals surface area (Å²) < 4.78 is 2.90. The third-order valence-electron chi connectivity index (χ3n) is 5.25. The molecule has 0 bridgehead atoms. The summed E-state index contributed by atoms with van der Waals surface area (Å²) in [5, 5.41) is 2.95. The Morgan fingerprint density at radius 2 is 1.67 bits per heavy atom. The lowest BCUT2D eigenvalue weighted by atomic mass is 10.1. The molecule has 33 heavy (non-hydrogen) atoms. The van der Waals surface area contributed by atoms with Gasteiger partial charge in [0.2, 0.25) is 0 Å². The SMILES string of the molecule is Nc1ncccc1-c1nc2cccnc2n1-c1ccc(CNC(=O)c2ccc(Br)cc2)cc1. The molecular weight excluding hydrogens is 480 g/mol. The zero-order chi connectivity index (χ0) is 22.8. The molecule has 2 aromatic carbocycles. The Bertz CT molecular complexity index is 1440. The zero-order valence-corrected chi connectivity index (χ0v) is 19.0. The highest BCUT2D eigenvalue weighted by Crippen LogP contribution is 2.30. The second-order valence-electron chi connectivity index (χ2n) is 7.41. The number of hydrogen-bond acceptors (Lipinski definition) is 5. The standard InChI is InChI=1S/C25H19BrN6O/c26-18-9-7-17(8-10-18)25(33)30-15-16-5-11-19(12-6-16)32-23(20-3-1-13-28-22(20)27)31-21-4-2-14-29-24(21)32/h1-14H,15H2,(H2,27,28)(H,30,33). The smallest absolute Gasteiger partial charge is 0.251 e. The summed E-state index contributed by atoms with van der Waals surface area (Å²) in [4.78, 5) is 25.9. The van der Waals surface area contributed by atoms with E-state index in [-0.39, 0.29) is 5.91 Å². The predicted octanol–water partition coefficient (Wildman–Crippen LogP) is 4.76. The number of amides is 1. The van der Waals surface area contributed by atoms with E-state index in [1.807, 2.05) is 65.2 Å². The van der Waals surface area contributed by atoms with Crippen LogP contribution in [0.2, 0.25) is 0 Å². The second-order valence-corrected chi connectivity index (χ2v) is 8.32. The van der Waals surface area contributed by atoms with Crippen LogP contribution in [0.4, 0.5) is 5.82 Å². The number of fused-ring (bicyclic) bond motifs is 1. The Kier molecular flexibility index (Phi) is 5.58. The Morgan fingerprint density at radius 3 is 2.42 bits per heavy atom. The maximum absolute atomic E-state index is 12.4. The van der Waals surface area contributed by atoms with E-state index >= 15 is 0 Å². The number of pyridine rings is 2. The number of nitrogens with zero attached hydrogens (tertiary/aromatic N) is 4. The molecule has 162 valence electrons. The van der Waals surface area contributed by atoms with Crippen molar-refractivity contribution in [3.63, 3.8) is 0 Å². The molecule has 8 heteroatoms. The van der Waals surface area contributed by atoms with E-state index in [0.29, 0.717) is 23.8 Å². The molecule has 0 aliphatic carbocycles. The molecule has 1 amide bonds. The van der Waals surface area contributed by atoms with Crippen molar-refractivity contribution < 1.29 is 4.79 Å². The normalized spacial score (nSPS) is 10.9. The van der Waals surface area contributed by atoms with Crippen LogP contribution in [0, 0.1) is 0 Å². The van der Waals surface area contributed by atoms with Crippen LogP contribution in [0.3, 0.4) is 0 Å². The van der Waals surface area contributed by atoms with Crippen molar-refractivity contribution in [3.05, 3.63) is 101 Å². The number of rotatable bonds is 5. The number of nitrogens with two attached hydrogens (primary N) is 1. The lowest BCUT2D eigenvalue weighted by molar-refractivity contribution is 0.0951. The molecule has 0 fully saturated rings. The first-order valence-corrected chi connectivity index (χ1v) is 11.1. The molecule has 0 atom stereocenters. The Labute approximate surface area is 198 Å². The summed E-state index contributed by atoms with van der Waals surface area (Å²) in [5.41, 5.74) is 10.9. The molecule has 5 aromatic rings. The van der Waals surface area contributed by atoms with Crippen molar-refractivity contribution >= 4 is 38.8 Å². The number of anilines is 1. The number of carbonyl (C=O) groups is 1. The number of aromatic nitrogens is 4. The molecule has 0 aliphatic heterocycles. The minimum absolute atomic E-state index is 0.120. The van der Waals surface area contributed by atoms with Gasteiger partial charge in [-0.1, -0.05) is 28.1 Å². The lowest BCUT2D eigenvalue weighted by Gasteiger charge is -2.11. The quantitative estimate of drug-likeness (QED) is 0.364. The average molecular weight is 499 g/mol. The fourth-order valence-corrected chi connectivity index (χ4v) is 3.86. The molecular formula is C25H19BrN6O. The zero-order valence-electron chi connectivity index (χ0n) is 17.4. The summed E-state index contributed by atoms with van der Waals surface area (Å²) in [6.07, 6.45) is 3.39. The van der Waals surface area contributed by atoms with Crippen molar-refractivity contribution in [1.82, 2.24) is 24.8 Å². The first-order chi connectivity index (χ1) is 16.1. The van der Waals surface area contributed by atoms with Crippen molar-refractivity contribution in [2.75, 3.05) is 5.73 Å². The summed E-state index contributed by atoms with van der Waals surface area (Å²) >= 11 is 3.38. The molecule has 3 N–H and O–H groups in total. The molecule has 0 spiro atoms. The number of benzene rings is 2. The van der Waals surface area contributed by atoms with Crippen molar-refractivity contribution in [2.45, 2.75) is 6.54 Å². The van der Waals surface area contributed by atoms with Gasteiger partial charge in [0.05, 0.1) is 5.56 Å². The molecule has 3 aromatic heterocycles. The van der Waals surface area contributed by atoms with Crippen LogP contribution in [-0.4, -0.2) is 25.4 Å². The number of imidazole rings is 1. The van der Waals surface area contributed by atoms with Gasteiger partial charge in [0, 0.05) is 34.7 Å². The van der Waals surface area contributed by atoms with Gasteiger partial charge >= 0.3 is 0 Å². The van der Waals surface area contributed by atoms with Gasteiger partial charge in [-0.3, -0.25) is 9.36 Å². The van der Waals surface area contributed by atoms with Gasteiger partial charge in [0.25, 0.3) is 5.91 Å². The molecule has 0 unspecified atom stereocenters. The van der Waals surface area contributed by atoms with E-state index in [1.54, 1.807) is 24.5 Å². The van der Waals surface area contributed by atoms with Crippen LogP contribution >= 0.6 is 15.9 Å². The highest BCUT2D eigenvalue weighted by Gasteiger charge is 2.17. The predicted molar refractivity (Wildman–Crippen MR) is 132 cm³/mol. The Hall–Kier alpha value is -4.04. The second kappa shape index (κ2) is 8.84. The first-order valence-electron chi connectivity index (χ1n) is 10.3. The molecule has 0 radical (unpaired) electrons. The van der Waals surface area contributed by atoms with E-state index in [1.165, 1.54) is 0 Å².